The summed E-state index contributed by atoms with van der Waals surface area (Å²) in [5.74, 6) is 0.574. The van der Waals surface area contributed by atoms with Crippen molar-refractivity contribution in [2.45, 2.75) is 25.3 Å². The summed E-state index contributed by atoms with van der Waals surface area (Å²) in [5, 5.41) is 12.5. The molecule has 162 valence electrons. The molecule has 8 nitrogen and oxygen atoms in total. The minimum Gasteiger partial charge on any atom is -0.342 e. The maximum absolute atomic E-state index is 13.1. The van der Waals surface area contributed by atoms with E-state index in [2.05, 4.69) is 20.5 Å². The van der Waals surface area contributed by atoms with Gasteiger partial charge in [-0.2, -0.15) is 4.98 Å². The summed E-state index contributed by atoms with van der Waals surface area (Å²) in [6.45, 7) is 1.28. The Hall–Kier alpha value is -3.88. The van der Waals surface area contributed by atoms with E-state index in [1.54, 1.807) is 12.1 Å². The van der Waals surface area contributed by atoms with Gasteiger partial charge in [0.25, 0.3) is 5.89 Å². The van der Waals surface area contributed by atoms with Crippen molar-refractivity contribution in [2.24, 2.45) is 0 Å². The number of hydrogen-bond acceptors (Lipinski definition) is 6. The molecule has 0 atom stereocenters. The van der Waals surface area contributed by atoms with Crippen LogP contribution in [-0.4, -0.2) is 49.0 Å². The Bertz CT molecular complexity index is 1200. The van der Waals surface area contributed by atoms with Gasteiger partial charge in [-0.15, -0.1) is 5.10 Å². The molecule has 0 spiro atoms. The van der Waals surface area contributed by atoms with Gasteiger partial charge in [-0.25, -0.2) is 9.07 Å². The molecule has 0 saturated carbocycles. The molecular formula is C23H21FN6O2. The summed E-state index contributed by atoms with van der Waals surface area (Å²) in [7, 11) is 0. The molecule has 3 heterocycles. The third-order valence-corrected chi connectivity index (χ3v) is 5.65. The fourth-order valence-electron chi connectivity index (χ4n) is 3.85. The van der Waals surface area contributed by atoms with E-state index in [0.29, 0.717) is 30.5 Å². The predicted octanol–water partition coefficient (Wildman–Crippen LogP) is 3.54. The van der Waals surface area contributed by atoms with Crippen molar-refractivity contribution in [1.29, 1.82) is 0 Å². The zero-order chi connectivity index (χ0) is 21.9. The van der Waals surface area contributed by atoms with E-state index in [-0.39, 0.29) is 24.2 Å². The first-order valence-corrected chi connectivity index (χ1v) is 10.5. The fourth-order valence-corrected chi connectivity index (χ4v) is 3.85. The molecule has 1 aliphatic heterocycles. The van der Waals surface area contributed by atoms with E-state index in [0.717, 1.165) is 24.0 Å². The number of benzene rings is 2. The van der Waals surface area contributed by atoms with Crippen molar-refractivity contribution in [2.75, 3.05) is 13.1 Å². The quantitative estimate of drug-likeness (QED) is 0.479. The summed E-state index contributed by atoms with van der Waals surface area (Å²) >= 11 is 0. The molecule has 0 aliphatic carbocycles. The summed E-state index contributed by atoms with van der Waals surface area (Å²) in [6.07, 6.45) is 3.64. The van der Waals surface area contributed by atoms with Gasteiger partial charge in [0.1, 0.15) is 5.82 Å². The number of nitrogens with zero attached hydrogens (tertiary/aromatic N) is 6. The van der Waals surface area contributed by atoms with Crippen molar-refractivity contribution in [3.8, 4) is 23.0 Å². The molecule has 0 N–H and O–H groups in total. The van der Waals surface area contributed by atoms with Crippen LogP contribution in [0.2, 0.25) is 0 Å². The smallest absolute Gasteiger partial charge is 0.280 e. The highest BCUT2D eigenvalue weighted by Crippen LogP contribution is 2.25. The Morgan fingerprint density at radius 1 is 1.06 bits per heavy atom. The van der Waals surface area contributed by atoms with Crippen molar-refractivity contribution < 1.29 is 13.7 Å². The van der Waals surface area contributed by atoms with Crippen molar-refractivity contribution in [3.63, 3.8) is 0 Å². The summed E-state index contributed by atoms with van der Waals surface area (Å²) in [4.78, 5) is 18.8. The highest BCUT2D eigenvalue weighted by atomic mass is 19.1. The van der Waals surface area contributed by atoms with E-state index < -0.39 is 0 Å². The number of likely N-dealkylation sites (tertiary alicyclic amines) is 1. The van der Waals surface area contributed by atoms with Crippen LogP contribution in [0.15, 0.2) is 65.3 Å². The van der Waals surface area contributed by atoms with Crippen molar-refractivity contribution >= 4 is 5.91 Å². The highest BCUT2D eigenvalue weighted by Gasteiger charge is 2.25. The lowest BCUT2D eigenvalue weighted by molar-refractivity contribution is -0.131. The predicted molar refractivity (Wildman–Crippen MR) is 114 cm³/mol. The highest BCUT2D eigenvalue weighted by molar-refractivity contribution is 5.78. The molecule has 1 aliphatic rings. The molecule has 5 rings (SSSR count). The van der Waals surface area contributed by atoms with E-state index in [1.165, 1.54) is 12.1 Å². The Balaban J connectivity index is 1.19. The van der Waals surface area contributed by atoms with Gasteiger partial charge in [0.15, 0.2) is 5.69 Å². The van der Waals surface area contributed by atoms with E-state index in [4.69, 9.17) is 4.52 Å². The lowest BCUT2D eigenvalue weighted by atomic mass is 10.0. The average Bonchev–Trinajstić information content (AvgIpc) is 3.51. The van der Waals surface area contributed by atoms with Gasteiger partial charge in [0.05, 0.1) is 18.7 Å². The first kappa shape index (κ1) is 20.0. The second-order valence-corrected chi connectivity index (χ2v) is 7.79. The second kappa shape index (κ2) is 8.70. The number of carbonyl (C=O) groups is 1. The van der Waals surface area contributed by atoms with Crippen LogP contribution < -0.4 is 0 Å². The second-order valence-electron chi connectivity index (χ2n) is 7.79. The van der Waals surface area contributed by atoms with Crippen LogP contribution in [0.5, 0.6) is 0 Å². The van der Waals surface area contributed by atoms with Gasteiger partial charge in [0.2, 0.25) is 11.7 Å². The topological polar surface area (TPSA) is 89.9 Å². The van der Waals surface area contributed by atoms with Crippen molar-refractivity contribution in [1.82, 2.24) is 30.0 Å². The molecule has 2 aromatic heterocycles. The van der Waals surface area contributed by atoms with Gasteiger partial charge in [-0.3, -0.25) is 4.79 Å². The van der Waals surface area contributed by atoms with Crippen molar-refractivity contribution in [3.05, 3.63) is 72.2 Å². The number of piperidine rings is 1. The molecule has 1 fully saturated rings. The Morgan fingerprint density at radius 3 is 2.56 bits per heavy atom. The van der Waals surface area contributed by atoms with E-state index >= 15 is 0 Å². The Kier molecular flexibility index (Phi) is 5.45. The van der Waals surface area contributed by atoms with Crippen LogP contribution in [0.3, 0.4) is 0 Å². The van der Waals surface area contributed by atoms with Crippen LogP contribution >= 0.6 is 0 Å². The number of aromatic nitrogens is 5. The van der Waals surface area contributed by atoms with Crippen LogP contribution in [0.1, 0.15) is 24.4 Å². The normalized spacial score (nSPS) is 14.6. The zero-order valence-electron chi connectivity index (χ0n) is 17.3. The molecule has 0 bridgehead atoms. The minimum atomic E-state index is -0.300. The Morgan fingerprint density at radius 2 is 1.81 bits per heavy atom. The number of halogens is 1. The van der Waals surface area contributed by atoms with Crippen LogP contribution in [-0.2, 0) is 11.2 Å². The number of amides is 1. The van der Waals surface area contributed by atoms with Gasteiger partial charge in [-0.1, -0.05) is 52.8 Å². The molecule has 1 amide bonds. The third-order valence-electron chi connectivity index (χ3n) is 5.65. The third kappa shape index (κ3) is 4.27. The van der Waals surface area contributed by atoms with E-state index in [1.807, 2.05) is 46.1 Å². The lowest BCUT2D eigenvalue weighted by Crippen LogP contribution is -2.40. The molecule has 0 radical (unpaired) electrons. The lowest BCUT2D eigenvalue weighted by Gasteiger charge is -2.32. The van der Waals surface area contributed by atoms with Gasteiger partial charge in [-0.05, 0) is 30.5 Å². The first-order chi connectivity index (χ1) is 15.7. The molecule has 9 heteroatoms. The molecule has 4 aromatic rings. The van der Waals surface area contributed by atoms with Gasteiger partial charge < -0.3 is 9.42 Å². The van der Waals surface area contributed by atoms with Crippen LogP contribution in [0, 0.1) is 5.82 Å². The maximum Gasteiger partial charge on any atom is 0.280 e. The van der Waals surface area contributed by atoms with Gasteiger partial charge >= 0.3 is 0 Å². The van der Waals surface area contributed by atoms with E-state index in [9.17, 15) is 9.18 Å². The fraction of sp³-hybridized carbons (Fsp3) is 0.261. The summed E-state index contributed by atoms with van der Waals surface area (Å²) in [5.41, 5.74) is 2.20. The monoisotopic (exact) mass is 432 g/mol. The summed E-state index contributed by atoms with van der Waals surface area (Å²) < 4.78 is 20.2. The molecule has 32 heavy (non-hydrogen) atoms. The largest absolute Gasteiger partial charge is 0.342 e. The molecule has 2 aromatic carbocycles. The number of hydrogen-bond donors (Lipinski definition) is 0. The Labute approximate surface area is 183 Å². The standard InChI is InChI=1S/C23H21FN6O2/c24-18-8-6-16(7-9-18)14-21(31)29-12-10-19(11-13-29)30-15-20(26-28-30)23-25-22(27-32-23)17-4-2-1-3-5-17/h1-9,15,19H,10-14H2. The van der Waals surface area contributed by atoms with Gasteiger partial charge in [0, 0.05) is 18.7 Å². The number of carbonyl (C=O) groups excluding carboxylic acids is 1. The van der Waals surface area contributed by atoms with Crippen LogP contribution in [0.25, 0.3) is 23.0 Å². The molecule has 0 unspecified atom stereocenters. The minimum absolute atomic E-state index is 0.0497. The summed E-state index contributed by atoms with van der Waals surface area (Å²) in [6, 6.07) is 15.8. The molecule has 1 saturated heterocycles. The SMILES string of the molecule is O=C(Cc1ccc(F)cc1)N1CCC(n2cc(-c3nc(-c4ccccc4)no3)nn2)CC1. The average molecular weight is 432 g/mol. The molecular weight excluding hydrogens is 411 g/mol. The number of rotatable bonds is 5. The maximum atomic E-state index is 13.1. The van der Waals surface area contributed by atoms with Crippen LogP contribution in [0.4, 0.5) is 4.39 Å². The zero-order valence-corrected chi connectivity index (χ0v) is 17.3. The first-order valence-electron chi connectivity index (χ1n) is 10.5.